The molecule has 0 bridgehead atoms. The summed E-state index contributed by atoms with van der Waals surface area (Å²) in [6.07, 6.45) is 5.38. The predicted octanol–water partition coefficient (Wildman–Crippen LogP) is 4.98. The quantitative estimate of drug-likeness (QED) is 0.499. The summed E-state index contributed by atoms with van der Waals surface area (Å²) in [6, 6.07) is 13.6. The van der Waals surface area contributed by atoms with E-state index >= 15 is 0 Å². The first kappa shape index (κ1) is 23.1. The Balaban J connectivity index is 2.01. The molecule has 0 aromatic heterocycles. The van der Waals surface area contributed by atoms with Gasteiger partial charge in [-0.3, -0.25) is 0 Å². The van der Waals surface area contributed by atoms with Gasteiger partial charge in [0.1, 0.15) is 12.4 Å². The van der Waals surface area contributed by atoms with Gasteiger partial charge in [-0.25, -0.2) is 0 Å². The standard InChI is InChI=1S/C25H34O4/c1-4-25(28,5-2)13-7-8-19(3)21-10-6-9-20(14-21)18-29-24-12-11-22(16-26)23(15-24)17-27/h6,8-12,14-15,26-28H,4-5,7,13,16-18H2,1-3H3. The van der Waals surface area contributed by atoms with E-state index in [4.69, 9.17) is 4.74 Å². The van der Waals surface area contributed by atoms with Crippen LogP contribution in [0.3, 0.4) is 0 Å². The van der Waals surface area contributed by atoms with Crippen LogP contribution in [0.4, 0.5) is 0 Å². The zero-order chi connectivity index (χ0) is 21.3. The molecule has 0 amide bonds. The number of aliphatic hydroxyl groups excluding tert-OH is 2. The Hall–Kier alpha value is -2.14. The molecule has 29 heavy (non-hydrogen) atoms. The monoisotopic (exact) mass is 398 g/mol. The van der Waals surface area contributed by atoms with Crippen LogP contribution in [0.25, 0.3) is 5.57 Å². The van der Waals surface area contributed by atoms with Crippen molar-refractivity contribution in [3.63, 3.8) is 0 Å². The zero-order valence-corrected chi connectivity index (χ0v) is 17.8. The molecule has 0 aliphatic rings. The minimum Gasteiger partial charge on any atom is -0.489 e. The summed E-state index contributed by atoms with van der Waals surface area (Å²) in [6.45, 7) is 6.36. The van der Waals surface area contributed by atoms with Crippen LogP contribution >= 0.6 is 0 Å². The maximum Gasteiger partial charge on any atom is 0.120 e. The number of rotatable bonds is 11. The second-order valence-corrected chi connectivity index (χ2v) is 7.59. The summed E-state index contributed by atoms with van der Waals surface area (Å²) >= 11 is 0. The maximum atomic E-state index is 10.4. The van der Waals surface area contributed by atoms with Crippen LogP contribution in [0.1, 0.15) is 68.7 Å². The van der Waals surface area contributed by atoms with Crippen molar-refractivity contribution >= 4 is 5.57 Å². The molecule has 0 unspecified atom stereocenters. The molecule has 4 nitrogen and oxygen atoms in total. The smallest absolute Gasteiger partial charge is 0.120 e. The van der Waals surface area contributed by atoms with Crippen molar-refractivity contribution in [3.05, 3.63) is 70.8 Å². The van der Waals surface area contributed by atoms with Crippen LogP contribution < -0.4 is 4.74 Å². The minimum absolute atomic E-state index is 0.0995. The van der Waals surface area contributed by atoms with Crippen molar-refractivity contribution in [2.45, 2.75) is 71.9 Å². The van der Waals surface area contributed by atoms with E-state index in [1.54, 1.807) is 12.1 Å². The van der Waals surface area contributed by atoms with E-state index in [0.29, 0.717) is 23.5 Å². The Bertz CT molecular complexity index is 806. The van der Waals surface area contributed by atoms with Crippen molar-refractivity contribution in [1.29, 1.82) is 0 Å². The van der Waals surface area contributed by atoms with E-state index < -0.39 is 5.60 Å². The summed E-state index contributed by atoms with van der Waals surface area (Å²) < 4.78 is 5.88. The number of benzene rings is 2. The summed E-state index contributed by atoms with van der Waals surface area (Å²) in [4.78, 5) is 0. The zero-order valence-electron chi connectivity index (χ0n) is 17.8. The summed E-state index contributed by atoms with van der Waals surface area (Å²) in [5, 5.41) is 29.1. The summed E-state index contributed by atoms with van der Waals surface area (Å²) in [5.74, 6) is 0.669. The molecule has 0 spiro atoms. The van der Waals surface area contributed by atoms with Crippen molar-refractivity contribution < 1.29 is 20.1 Å². The highest BCUT2D eigenvalue weighted by Gasteiger charge is 2.20. The Kier molecular flexibility index (Phi) is 8.90. The number of aliphatic hydroxyl groups is 3. The Labute approximate surface area is 174 Å². The highest BCUT2D eigenvalue weighted by atomic mass is 16.5. The van der Waals surface area contributed by atoms with Gasteiger partial charge < -0.3 is 20.1 Å². The van der Waals surface area contributed by atoms with E-state index in [0.717, 1.165) is 36.8 Å². The largest absolute Gasteiger partial charge is 0.489 e. The lowest BCUT2D eigenvalue weighted by Gasteiger charge is -2.24. The second kappa shape index (κ2) is 11.1. The molecule has 2 rings (SSSR count). The average molecular weight is 399 g/mol. The number of hydrogen-bond donors (Lipinski definition) is 3. The van der Waals surface area contributed by atoms with Crippen LogP contribution in [0.5, 0.6) is 5.75 Å². The third kappa shape index (κ3) is 6.70. The van der Waals surface area contributed by atoms with E-state index in [1.165, 1.54) is 5.57 Å². The molecule has 0 saturated carbocycles. The fourth-order valence-electron chi connectivity index (χ4n) is 3.35. The molecule has 158 valence electrons. The molecule has 0 saturated heterocycles. The Morgan fingerprint density at radius 1 is 1.00 bits per heavy atom. The first-order valence-electron chi connectivity index (χ1n) is 10.4. The minimum atomic E-state index is -0.564. The molecule has 3 N–H and O–H groups in total. The highest BCUT2D eigenvalue weighted by molar-refractivity contribution is 5.64. The SMILES string of the molecule is CCC(O)(CC)CCC=C(C)c1cccc(COc2ccc(CO)c(CO)c2)c1. The van der Waals surface area contributed by atoms with Gasteiger partial charge in [0.2, 0.25) is 0 Å². The molecule has 0 aliphatic carbocycles. The van der Waals surface area contributed by atoms with Crippen LogP contribution in [0.2, 0.25) is 0 Å². The normalized spacial score (nSPS) is 12.3. The van der Waals surface area contributed by atoms with Crippen molar-refractivity contribution in [1.82, 2.24) is 0 Å². The van der Waals surface area contributed by atoms with Crippen LogP contribution in [-0.2, 0) is 19.8 Å². The molecule has 2 aromatic rings. The Morgan fingerprint density at radius 3 is 2.38 bits per heavy atom. The molecule has 0 radical (unpaired) electrons. The van der Waals surface area contributed by atoms with Gasteiger partial charge in [-0.15, -0.1) is 0 Å². The van der Waals surface area contributed by atoms with Crippen molar-refractivity contribution in [2.24, 2.45) is 0 Å². The van der Waals surface area contributed by atoms with Crippen LogP contribution in [-0.4, -0.2) is 20.9 Å². The average Bonchev–Trinajstić information content (AvgIpc) is 2.77. The molecular formula is C25H34O4. The van der Waals surface area contributed by atoms with Gasteiger partial charge in [-0.1, -0.05) is 44.2 Å². The Morgan fingerprint density at radius 2 is 1.72 bits per heavy atom. The van der Waals surface area contributed by atoms with Gasteiger partial charge in [-0.2, -0.15) is 0 Å². The molecule has 4 heteroatoms. The predicted molar refractivity (Wildman–Crippen MR) is 117 cm³/mol. The van der Waals surface area contributed by atoms with E-state index in [2.05, 4.69) is 25.1 Å². The van der Waals surface area contributed by atoms with Crippen molar-refractivity contribution in [2.75, 3.05) is 0 Å². The lowest BCUT2D eigenvalue weighted by atomic mass is 9.91. The van der Waals surface area contributed by atoms with Crippen molar-refractivity contribution in [3.8, 4) is 5.75 Å². The number of allylic oxidation sites excluding steroid dienone is 2. The van der Waals surface area contributed by atoms with Gasteiger partial charge in [0, 0.05) is 0 Å². The summed E-state index contributed by atoms with van der Waals surface area (Å²) in [5.41, 5.74) is 4.22. The van der Waals surface area contributed by atoms with Gasteiger partial charge in [0.15, 0.2) is 0 Å². The van der Waals surface area contributed by atoms with Gasteiger partial charge in [0.25, 0.3) is 0 Å². The van der Waals surface area contributed by atoms with E-state index in [9.17, 15) is 15.3 Å². The number of ether oxygens (including phenoxy) is 1. The van der Waals surface area contributed by atoms with Gasteiger partial charge >= 0.3 is 0 Å². The molecule has 2 aromatic carbocycles. The van der Waals surface area contributed by atoms with Crippen LogP contribution in [0, 0.1) is 0 Å². The first-order valence-corrected chi connectivity index (χ1v) is 10.4. The molecular weight excluding hydrogens is 364 g/mol. The van der Waals surface area contributed by atoms with Gasteiger partial charge in [0.05, 0.1) is 18.8 Å². The topological polar surface area (TPSA) is 69.9 Å². The number of hydrogen-bond acceptors (Lipinski definition) is 4. The third-order valence-corrected chi connectivity index (χ3v) is 5.68. The fraction of sp³-hybridized carbons (Fsp3) is 0.440. The molecule has 0 heterocycles. The van der Waals surface area contributed by atoms with E-state index in [-0.39, 0.29) is 13.2 Å². The molecule has 0 atom stereocenters. The first-order chi connectivity index (χ1) is 13.9. The molecule has 0 aliphatic heterocycles. The molecule has 0 fully saturated rings. The highest BCUT2D eigenvalue weighted by Crippen LogP contribution is 2.24. The third-order valence-electron chi connectivity index (χ3n) is 5.68. The lowest BCUT2D eigenvalue weighted by molar-refractivity contribution is 0.0246. The summed E-state index contributed by atoms with van der Waals surface area (Å²) in [7, 11) is 0. The second-order valence-electron chi connectivity index (χ2n) is 7.59. The van der Waals surface area contributed by atoms with Crippen LogP contribution in [0.15, 0.2) is 48.5 Å². The lowest BCUT2D eigenvalue weighted by Crippen LogP contribution is -2.25. The van der Waals surface area contributed by atoms with Gasteiger partial charge in [-0.05, 0) is 78.6 Å². The fourth-order valence-corrected chi connectivity index (χ4v) is 3.35. The maximum absolute atomic E-state index is 10.4. The van der Waals surface area contributed by atoms with E-state index in [1.807, 2.05) is 32.0 Å².